The van der Waals surface area contributed by atoms with E-state index in [9.17, 15) is 19.2 Å². The zero-order valence-electron chi connectivity index (χ0n) is 35.0. The Balaban J connectivity index is 0.853. The number of alkyl carbamates (subject to hydrolysis) is 2. The average molecular weight is 807 g/mol. The number of aromatic amines is 1. The summed E-state index contributed by atoms with van der Waals surface area (Å²) >= 11 is 0. The summed E-state index contributed by atoms with van der Waals surface area (Å²) in [6.07, 6.45) is 7.47. The minimum atomic E-state index is -0.670. The van der Waals surface area contributed by atoms with E-state index in [-0.39, 0.29) is 52.6 Å². The molecule has 2 bridgehead atoms. The Morgan fingerprint density at radius 3 is 1.78 bits per heavy atom. The van der Waals surface area contributed by atoms with Gasteiger partial charge in [0.05, 0.1) is 50.8 Å². The van der Waals surface area contributed by atoms with Crippen LogP contribution in [0, 0.1) is 11.8 Å². The Morgan fingerprint density at radius 1 is 0.746 bits per heavy atom. The molecule has 1 aromatic heterocycles. The van der Waals surface area contributed by atoms with Crippen LogP contribution in [0.15, 0.2) is 59.7 Å². The number of carbonyl (C=O) groups excluding carboxylic acids is 4. The number of ether oxygens (including phenoxy) is 2. The summed E-state index contributed by atoms with van der Waals surface area (Å²) in [6.45, 7) is 9.56. The predicted octanol–water partition coefficient (Wildman–Crippen LogP) is 5.91. The van der Waals surface area contributed by atoms with Crippen LogP contribution in [0.2, 0.25) is 0 Å². The summed E-state index contributed by atoms with van der Waals surface area (Å²) in [7, 11) is 2.61. The van der Waals surface area contributed by atoms with Gasteiger partial charge in [0.2, 0.25) is 11.8 Å². The van der Waals surface area contributed by atoms with Crippen LogP contribution in [0.4, 0.5) is 9.59 Å². The van der Waals surface area contributed by atoms with Gasteiger partial charge in [0.1, 0.15) is 23.7 Å². The Morgan fingerprint density at radius 2 is 1.25 bits per heavy atom. The number of carbonyl (C=O) groups is 4. The Hall–Kier alpha value is -5.40. The van der Waals surface area contributed by atoms with Crippen LogP contribution in [0.3, 0.4) is 0 Å². The van der Waals surface area contributed by atoms with Crippen molar-refractivity contribution in [3.05, 3.63) is 77.2 Å². The lowest BCUT2D eigenvalue weighted by molar-refractivity contribution is -0.135. The number of amidine groups is 1. The standard InChI is InChI=1S/C45H58N8O6/c1-26(2)36(50-42(56)58-5)40(54)52-19-7-9-34(52)38-46-21-32(48-38)28-11-15-30(16-12-28)44-23-45(24-44,25-44)31-17-13-29(14-18-31)33-22-47-39(49-33)35-10-8-20-53(35)41(55)37(27(3)4)51-43(57)59-6/h11-18,21,26-27,33-37H,7-10,19-20,22-25H2,1-6H3,(H,46,48)(H,47,49)(H,50,56)(H,51,57)/t33-,34+,35+,36+,37+,44?,45?/m1/s1. The number of hydrogen-bond acceptors (Lipinski definition) is 9. The molecule has 3 saturated carbocycles. The van der Waals surface area contributed by atoms with Gasteiger partial charge in [-0.15, -0.1) is 0 Å². The molecule has 0 spiro atoms. The fraction of sp³-hybridized carbons (Fsp3) is 0.556. The number of benzene rings is 2. The SMILES string of the molecule is COC(=O)N[C@H](C(=O)N1CCC[C@H]1C1=NC[C@H](c2ccc(C34CC(c5ccc(-c6cnc([C@@H]7CCCN7C(=O)[C@@H](NC(=O)OC)C(C)C)[nH]6)cc5)(C3)C4)cc2)N1)C(C)C. The van der Waals surface area contributed by atoms with E-state index in [0.717, 1.165) is 67.9 Å². The third-order valence-corrected chi connectivity index (χ3v) is 13.6. The molecule has 59 heavy (non-hydrogen) atoms. The zero-order chi connectivity index (χ0) is 41.6. The Kier molecular flexibility index (Phi) is 10.9. The lowest BCUT2D eigenvalue weighted by Gasteiger charge is -2.71. The molecule has 3 aliphatic heterocycles. The van der Waals surface area contributed by atoms with Crippen molar-refractivity contribution in [2.75, 3.05) is 33.9 Å². The molecule has 0 unspecified atom stereocenters. The number of nitrogens with one attached hydrogen (secondary N) is 4. The molecule has 3 aliphatic carbocycles. The van der Waals surface area contributed by atoms with E-state index in [1.165, 1.54) is 30.9 Å². The van der Waals surface area contributed by atoms with E-state index >= 15 is 0 Å². The second-order valence-corrected chi connectivity index (χ2v) is 18.0. The van der Waals surface area contributed by atoms with E-state index in [0.29, 0.717) is 19.6 Å². The van der Waals surface area contributed by atoms with Crippen LogP contribution in [-0.2, 0) is 29.9 Å². The molecule has 14 nitrogen and oxygen atoms in total. The maximum Gasteiger partial charge on any atom is 0.407 e. The van der Waals surface area contributed by atoms with Gasteiger partial charge in [-0.1, -0.05) is 76.2 Å². The second kappa shape index (κ2) is 16.0. The number of likely N-dealkylation sites (tertiary alicyclic amines) is 2. The van der Waals surface area contributed by atoms with E-state index in [1.54, 1.807) is 0 Å². The summed E-state index contributed by atoms with van der Waals surface area (Å²) < 4.78 is 9.55. The van der Waals surface area contributed by atoms with E-state index in [1.807, 2.05) is 43.7 Å². The van der Waals surface area contributed by atoms with Crippen molar-refractivity contribution < 1.29 is 28.7 Å². The van der Waals surface area contributed by atoms with Gasteiger partial charge in [-0.05, 0) is 89.9 Å². The average Bonchev–Trinajstić information content (AvgIpc) is 4.04. The quantitative estimate of drug-likeness (QED) is 0.175. The van der Waals surface area contributed by atoms with Crippen LogP contribution in [0.1, 0.15) is 107 Å². The Bertz CT molecular complexity index is 2070. The van der Waals surface area contributed by atoms with Gasteiger partial charge in [0.25, 0.3) is 0 Å². The van der Waals surface area contributed by atoms with Crippen LogP contribution in [0.25, 0.3) is 11.3 Å². The Labute approximate surface area is 346 Å². The van der Waals surface area contributed by atoms with E-state index in [2.05, 4.69) is 69.5 Å². The molecule has 4 N–H and O–H groups in total. The van der Waals surface area contributed by atoms with Gasteiger partial charge in [0.15, 0.2) is 0 Å². The monoisotopic (exact) mass is 806 g/mol. The van der Waals surface area contributed by atoms with Crippen molar-refractivity contribution in [3.8, 4) is 11.3 Å². The number of rotatable bonds is 12. The molecular formula is C45H58N8O6. The maximum atomic E-state index is 13.6. The lowest BCUT2D eigenvalue weighted by atomic mass is 9.32. The van der Waals surface area contributed by atoms with Gasteiger partial charge in [-0.3, -0.25) is 14.6 Å². The largest absolute Gasteiger partial charge is 0.453 e. The number of nitrogens with zero attached hydrogens (tertiary/aromatic N) is 4. The number of hydrogen-bond donors (Lipinski definition) is 4. The van der Waals surface area contributed by atoms with Gasteiger partial charge >= 0.3 is 12.2 Å². The predicted molar refractivity (Wildman–Crippen MR) is 223 cm³/mol. The van der Waals surface area contributed by atoms with Crippen molar-refractivity contribution in [1.82, 2.24) is 35.7 Å². The first kappa shape index (κ1) is 40.4. The van der Waals surface area contributed by atoms with Gasteiger partial charge in [0, 0.05) is 13.1 Å². The molecule has 0 radical (unpaired) electrons. The highest BCUT2D eigenvalue weighted by molar-refractivity contribution is 5.95. The number of methoxy groups -OCH3 is 2. The van der Waals surface area contributed by atoms with E-state index < -0.39 is 24.3 Å². The van der Waals surface area contributed by atoms with Crippen LogP contribution >= 0.6 is 0 Å². The minimum Gasteiger partial charge on any atom is -0.453 e. The van der Waals surface area contributed by atoms with Crippen LogP contribution < -0.4 is 16.0 Å². The summed E-state index contributed by atoms with van der Waals surface area (Å²) in [5, 5.41) is 9.08. The van der Waals surface area contributed by atoms with E-state index in [4.69, 9.17) is 19.5 Å². The van der Waals surface area contributed by atoms with Crippen molar-refractivity contribution in [2.24, 2.45) is 16.8 Å². The molecule has 4 amide bonds. The molecule has 4 heterocycles. The minimum absolute atomic E-state index is 0.0571. The molecule has 5 atom stereocenters. The summed E-state index contributed by atoms with van der Waals surface area (Å²) in [5.74, 6) is 1.23. The third kappa shape index (κ3) is 7.43. The number of H-pyrrole nitrogens is 1. The number of amides is 4. The van der Waals surface area contributed by atoms with Gasteiger partial charge in [-0.25, -0.2) is 14.6 Å². The first-order chi connectivity index (χ1) is 28.3. The summed E-state index contributed by atoms with van der Waals surface area (Å²) in [6, 6.07) is 16.4. The molecule has 14 heteroatoms. The molecular weight excluding hydrogens is 749 g/mol. The highest BCUT2D eigenvalue weighted by Crippen LogP contribution is 2.73. The van der Waals surface area contributed by atoms with Gasteiger partial charge < -0.3 is 40.2 Å². The van der Waals surface area contributed by atoms with Crippen LogP contribution in [0.5, 0.6) is 0 Å². The molecule has 9 rings (SSSR count). The number of aliphatic imine (C=N–C) groups is 1. The second-order valence-electron chi connectivity index (χ2n) is 18.0. The van der Waals surface area contributed by atoms with Crippen molar-refractivity contribution in [3.63, 3.8) is 0 Å². The third-order valence-electron chi connectivity index (χ3n) is 13.6. The van der Waals surface area contributed by atoms with Gasteiger partial charge in [-0.2, -0.15) is 0 Å². The van der Waals surface area contributed by atoms with Crippen molar-refractivity contribution in [1.29, 1.82) is 0 Å². The van der Waals surface area contributed by atoms with Crippen molar-refractivity contribution in [2.45, 2.75) is 114 Å². The number of aromatic nitrogens is 2. The first-order valence-electron chi connectivity index (χ1n) is 21.2. The molecule has 314 valence electrons. The maximum absolute atomic E-state index is 13.6. The van der Waals surface area contributed by atoms with Crippen molar-refractivity contribution >= 4 is 29.8 Å². The normalized spacial score (nSPS) is 26.7. The smallest absolute Gasteiger partial charge is 0.407 e. The van der Waals surface area contributed by atoms with Crippen LogP contribution in [-0.4, -0.2) is 102 Å². The fourth-order valence-corrected chi connectivity index (χ4v) is 10.4. The topological polar surface area (TPSA) is 170 Å². The molecule has 6 aliphatic rings. The molecule has 2 saturated heterocycles. The fourth-order valence-electron chi connectivity index (χ4n) is 10.4. The zero-order valence-corrected chi connectivity index (χ0v) is 35.0. The molecule has 2 aromatic carbocycles. The number of imidazole rings is 1. The highest BCUT2D eigenvalue weighted by atomic mass is 16.5. The summed E-state index contributed by atoms with van der Waals surface area (Å²) in [4.78, 5) is 67.9. The highest BCUT2D eigenvalue weighted by Gasteiger charge is 2.68. The summed E-state index contributed by atoms with van der Waals surface area (Å²) in [5.41, 5.74) is 6.39. The molecule has 3 aromatic rings. The first-order valence-corrected chi connectivity index (χ1v) is 21.2. The molecule has 5 fully saturated rings. The lowest BCUT2D eigenvalue weighted by Crippen LogP contribution is -2.67.